The molecule has 0 radical (unpaired) electrons. The van der Waals surface area contributed by atoms with Crippen LogP contribution in [0.2, 0.25) is 0 Å². The van der Waals surface area contributed by atoms with Crippen molar-refractivity contribution in [3.8, 4) is 0 Å². The zero-order valence-electron chi connectivity index (χ0n) is 7.31. The molecule has 1 amide bonds. The van der Waals surface area contributed by atoms with Crippen molar-refractivity contribution in [3.05, 3.63) is 0 Å². The van der Waals surface area contributed by atoms with Crippen LogP contribution >= 0.6 is 0 Å². The maximum absolute atomic E-state index is 10.9. The molecular formula is C9H16N2O. The lowest BCUT2D eigenvalue weighted by Crippen LogP contribution is -2.38. The fraction of sp³-hybridized carbons (Fsp3) is 0.889. The fourth-order valence-corrected chi connectivity index (χ4v) is 2.23. The number of piperidine rings is 1. The quantitative estimate of drug-likeness (QED) is 0.584. The minimum absolute atomic E-state index is 0.234. The van der Waals surface area contributed by atoms with Gasteiger partial charge in [0.1, 0.15) is 0 Å². The van der Waals surface area contributed by atoms with E-state index in [-0.39, 0.29) is 5.91 Å². The minimum Gasteiger partial charge on any atom is -0.356 e. The van der Waals surface area contributed by atoms with E-state index in [0.29, 0.717) is 0 Å². The largest absolute Gasteiger partial charge is 0.356 e. The molecule has 0 aliphatic carbocycles. The Labute approximate surface area is 72.9 Å². The van der Waals surface area contributed by atoms with Gasteiger partial charge in [0.2, 0.25) is 5.91 Å². The Kier molecular flexibility index (Phi) is 2.30. The van der Waals surface area contributed by atoms with E-state index in [0.717, 1.165) is 44.3 Å². The lowest BCUT2D eigenvalue weighted by Gasteiger charge is -2.26. The van der Waals surface area contributed by atoms with Gasteiger partial charge in [0, 0.05) is 13.0 Å². The molecule has 2 saturated heterocycles. The minimum atomic E-state index is 0.234. The first-order valence-electron chi connectivity index (χ1n) is 4.83. The number of amides is 1. The normalized spacial score (nSPS) is 36.5. The molecule has 0 bridgehead atoms. The number of nitrogens with one attached hydrogen (secondary N) is 2. The Balaban J connectivity index is 1.84. The Morgan fingerprint density at radius 1 is 1.17 bits per heavy atom. The lowest BCUT2D eigenvalue weighted by atomic mass is 9.85. The molecule has 2 fully saturated rings. The maximum Gasteiger partial charge on any atom is 0.220 e. The first-order chi connectivity index (χ1) is 5.86. The van der Waals surface area contributed by atoms with Crippen LogP contribution in [0.3, 0.4) is 0 Å². The highest BCUT2D eigenvalue weighted by molar-refractivity contribution is 5.76. The predicted octanol–water partition coefficient (Wildman–Crippen LogP) is 0.122. The number of rotatable bonds is 1. The molecule has 0 aromatic rings. The van der Waals surface area contributed by atoms with Crippen LogP contribution in [-0.4, -0.2) is 25.5 Å². The topological polar surface area (TPSA) is 41.1 Å². The highest BCUT2D eigenvalue weighted by atomic mass is 16.1. The van der Waals surface area contributed by atoms with Gasteiger partial charge in [-0.05, 0) is 37.8 Å². The zero-order chi connectivity index (χ0) is 8.39. The molecule has 2 unspecified atom stereocenters. The molecule has 2 aliphatic heterocycles. The summed E-state index contributed by atoms with van der Waals surface area (Å²) in [7, 11) is 0. The summed E-state index contributed by atoms with van der Waals surface area (Å²) in [5.41, 5.74) is 0. The van der Waals surface area contributed by atoms with Gasteiger partial charge in [0.15, 0.2) is 0 Å². The summed E-state index contributed by atoms with van der Waals surface area (Å²) in [5.74, 6) is 1.78. The van der Waals surface area contributed by atoms with E-state index in [2.05, 4.69) is 10.6 Å². The van der Waals surface area contributed by atoms with Crippen LogP contribution in [0.4, 0.5) is 0 Å². The van der Waals surface area contributed by atoms with Crippen LogP contribution in [0.15, 0.2) is 0 Å². The number of hydrogen-bond acceptors (Lipinski definition) is 2. The lowest BCUT2D eigenvalue weighted by molar-refractivity contribution is -0.123. The van der Waals surface area contributed by atoms with Crippen LogP contribution in [0.1, 0.15) is 19.3 Å². The molecule has 3 nitrogen and oxygen atoms in total. The molecule has 2 heterocycles. The first kappa shape index (κ1) is 8.05. The van der Waals surface area contributed by atoms with Gasteiger partial charge in [-0.15, -0.1) is 0 Å². The van der Waals surface area contributed by atoms with E-state index in [1.54, 1.807) is 0 Å². The van der Waals surface area contributed by atoms with E-state index in [4.69, 9.17) is 0 Å². The van der Waals surface area contributed by atoms with Crippen LogP contribution in [0, 0.1) is 11.8 Å². The molecule has 2 N–H and O–H groups in total. The summed E-state index contributed by atoms with van der Waals surface area (Å²) in [5, 5.41) is 6.31. The Hall–Kier alpha value is -0.570. The van der Waals surface area contributed by atoms with Crippen molar-refractivity contribution in [1.82, 2.24) is 10.6 Å². The summed E-state index contributed by atoms with van der Waals surface area (Å²) in [6.45, 7) is 3.22. The highest BCUT2D eigenvalue weighted by Crippen LogP contribution is 2.24. The van der Waals surface area contributed by atoms with Gasteiger partial charge in [-0.1, -0.05) is 0 Å². The summed E-state index contributed by atoms with van der Waals surface area (Å²) >= 11 is 0. The molecule has 0 saturated carbocycles. The van der Waals surface area contributed by atoms with Crippen molar-refractivity contribution < 1.29 is 4.79 Å². The van der Waals surface area contributed by atoms with Crippen molar-refractivity contribution in [2.45, 2.75) is 19.3 Å². The standard InChI is InChI=1S/C9H16N2O/c12-9-2-1-7(6-11-9)8-3-4-10-5-8/h7-8,10H,1-6H2,(H,11,12). The number of hydrogen-bond donors (Lipinski definition) is 2. The molecule has 0 aromatic heterocycles. The smallest absolute Gasteiger partial charge is 0.220 e. The van der Waals surface area contributed by atoms with Gasteiger partial charge in [-0.3, -0.25) is 4.79 Å². The van der Waals surface area contributed by atoms with Crippen molar-refractivity contribution in [2.24, 2.45) is 11.8 Å². The van der Waals surface area contributed by atoms with Gasteiger partial charge in [0.05, 0.1) is 0 Å². The van der Waals surface area contributed by atoms with Gasteiger partial charge in [-0.25, -0.2) is 0 Å². The monoisotopic (exact) mass is 168 g/mol. The van der Waals surface area contributed by atoms with Gasteiger partial charge in [0.25, 0.3) is 0 Å². The van der Waals surface area contributed by atoms with E-state index >= 15 is 0 Å². The molecule has 2 aliphatic rings. The molecule has 2 atom stereocenters. The summed E-state index contributed by atoms with van der Waals surface area (Å²) in [4.78, 5) is 10.9. The van der Waals surface area contributed by atoms with Crippen LogP contribution in [-0.2, 0) is 4.79 Å². The molecule has 0 spiro atoms. The molecule has 2 rings (SSSR count). The third kappa shape index (κ3) is 1.61. The van der Waals surface area contributed by atoms with Crippen LogP contribution in [0.5, 0.6) is 0 Å². The second-order valence-electron chi connectivity index (χ2n) is 3.86. The van der Waals surface area contributed by atoms with E-state index in [1.807, 2.05) is 0 Å². The van der Waals surface area contributed by atoms with Crippen molar-refractivity contribution in [3.63, 3.8) is 0 Å². The van der Waals surface area contributed by atoms with E-state index in [9.17, 15) is 4.79 Å². The Morgan fingerprint density at radius 2 is 2.00 bits per heavy atom. The zero-order valence-corrected chi connectivity index (χ0v) is 7.31. The Morgan fingerprint density at radius 3 is 2.58 bits per heavy atom. The first-order valence-corrected chi connectivity index (χ1v) is 4.83. The average molecular weight is 168 g/mol. The second kappa shape index (κ2) is 3.44. The molecule has 68 valence electrons. The van der Waals surface area contributed by atoms with Crippen molar-refractivity contribution in [2.75, 3.05) is 19.6 Å². The third-order valence-corrected chi connectivity index (χ3v) is 3.07. The molecular weight excluding hydrogens is 152 g/mol. The summed E-state index contributed by atoms with van der Waals surface area (Å²) in [6.07, 6.45) is 3.12. The molecule has 0 aromatic carbocycles. The van der Waals surface area contributed by atoms with E-state index in [1.165, 1.54) is 6.42 Å². The fourth-order valence-electron chi connectivity index (χ4n) is 2.23. The average Bonchev–Trinajstić information content (AvgIpc) is 2.58. The molecule has 3 heteroatoms. The summed E-state index contributed by atoms with van der Waals surface area (Å²) in [6, 6.07) is 0. The van der Waals surface area contributed by atoms with Gasteiger partial charge >= 0.3 is 0 Å². The van der Waals surface area contributed by atoms with Crippen molar-refractivity contribution in [1.29, 1.82) is 0 Å². The van der Waals surface area contributed by atoms with Crippen molar-refractivity contribution >= 4 is 5.91 Å². The predicted molar refractivity (Wildman–Crippen MR) is 46.7 cm³/mol. The van der Waals surface area contributed by atoms with Gasteiger partial charge in [-0.2, -0.15) is 0 Å². The number of carbonyl (C=O) groups excluding carboxylic acids is 1. The maximum atomic E-state index is 10.9. The summed E-state index contributed by atoms with van der Waals surface area (Å²) < 4.78 is 0. The third-order valence-electron chi connectivity index (χ3n) is 3.07. The van der Waals surface area contributed by atoms with Crippen LogP contribution < -0.4 is 10.6 Å². The van der Waals surface area contributed by atoms with Crippen LogP contribution in [0.25, 0.3) is 0 Å². The van der Waals surface area contributed by atoms with Gasteiger partial charge < -0.3 is 10.6 Å². The SMILES string of the molecule is O=C1CCC(C2CCNC2)CN1. The Bertz CT molecular complexity index is 165. The van der Waals surface area contributed by atoms with E-state index < -0.39 is 0 Å². The second-order valence-corrected chi connectivity index (χ2v) is 3.86. The molecule has 12 heavy (non-hydrogen) atoms. The highest BCUT2D eigenvalue weighted by Gasteiger charge is 2.27. The number of carbonyl (C=O) groups is 1.